The minimum atomic E-state index is -0.264. The van der Waals surface area contributed by atoms with E-state index in [1.807, 2.05) is 22.9 Å². The van der Waals surface area contributed by atoms with Gasteiger partial charge in [0.2, 0.25) is 0 Å². The largest absolute Gasteiger partial charge is 0.330 e. The molecule has 0 unspecified atom stereocenters. The maximum Gasteiger partial charge on any atom is 0.182 e. The van der Waals surface area contributed by atoms with Crippen LogP contribution in [0.4, 0.5) is 4.39 Å². The van der Waals surface area contributed by atoms with Gasteiger partial charge < -0.3 is 4.98 Å². The van der Waals surface area contributed by atoms with Gasteiger partial charge in [0.05, 0.1) is 5.69 Å². The van der Waals surface area contributed by atoms with Crippen LogP contribution in [-0.4, -0.2) is 14.5 Å². The number of halogens is 1. The SMILES string of the molecule is Fc1ccc(-n2cc(-c3ccncc3)[nH]c2=S)cc1. The van der Waals surface area contributed by atoms with Crippen molar-refractivity contribution in [3.63, 3.8) is 0 Å². The van der Waals surface area contributed by atoms with Crippen LogP contribution in [-0.2, 0) is 0 Å². The lowest BCUT2D eigenvalue weighted by Crippen LogP contribution is -1.91. The van der Waals surface area contributed by atoms with Gasteiger partial charge in [0, 0.05) is 29.8 Å². The monoisotopic (exact) mass is 271 g/mol. The number of benzene rings is 1. The van der Waals surface area contributed by atoms with Crippen molar-refractivity contribution in [2.24, 2.45) is 0 Å². The van der Waals surface area contributed by atoms with E-state index in [9.17, 15) is 4.39 Å². The van der Waals surface area contributed by atoms with Gasteiger partial charge in [-0.05, 0) is 48.6 Å². The Morgan fingerprint density at radius 2 is 1.74 bits per heavy atom. The zero-order chi connectivity index (χ0) is 13.2. The van der Waals surface area contributed by atoms with E-state index in [2.05, 4.69) is 9.97 Å². The van der Waals surface area contributed by atoms with E-state index in [0.29, 0.717) is 4.77 Å². The molecule has 0 bridgehead atoms. The highest BCUT2D eigenvalue weighted by Gasteiger charge is 2.04. The second kappa shape index (κ2) is 4.78. The average Bonchev–Trinajstić information content (AvgIpc) is 2.83. The van der Waals surface area contributed by atoms with Gasteiger partial charge in [0.15, 0.2) is 4.77 Å². The molecule has 0 aliphatic heterocycles. The number of rotatable bonds is 2. The topological polar surface area (TPSA) is 33.6 Å². The van der Waals surface area contributed by atoms with Crippen LogP contribution in [0, 0.1) is 10.6 Å². The van der Waals surface area contributed by atoms with Crippen molar-refractivity contribution in [2.45, 2.75) is 0 Å². The van der Waals surface area contributed by atoms with Crippen LogP contribution in [0.2, 0.25) is 0 Å². The lowest BCUT2D eigenvalue weighted by atomic mass is 10.2. The van der Waals surface area contributed by atoms with Crippen LogP contribution in [0.5, 0.6) is 0 Å². The Labute approximate surface area is 114 Å². The molecule has 0 fully saturated rings. The van der Waals surface area contributed by atoms with Gasteiger partial charge in [-0.1, -0.05) is 0 Å². The van der Waals surface area contributed by atoms with Gasteiger partial charge in [-0.15, -0.1) is 0 Å². The quantitative estimate of drug-likeness (QED) is 0.720. The van der Waals surface area contributed by atoms with Crippen LogP contribution in [0.3, 0.4) is 0 Å². The van der Waals surface area contributed by atoms with Crippen molar-refractivity contribution in [1.29, 1.82) is 0 Å². The molecule has 2 aromatic heterocycles. The summed E-state index contributed by atoms with van der Waals surface area (Å²) in [5.41, 5.74) is 2.72. The van der Waals surface area contributed by atoms with E-state index in [-0.39, 0.29) is 5.82 Å². The van der Waals surface area contributed by atoms with Gasteiger partial charge in [-0.2, -0.15) is 0 Å². The van der Waals surface area contributed by atoms with Crippen LogP contribution in [0.1, 0.15) is 0 Å². The van der Waals surface area contributed by atoms with Gasteiger partial charge >= 0.3 is 0 Å². The molecule has 0 amide bonds. The third kappa shape index (κ3) is 2.32. The lowest BCUT2D eigenvalue weighted by molar-refractivity contribution is 0.627. The molecule has 19 heavy (non-hydrogen) atoms. The normalized spacial score (nSPS) is 10.6. The Kier molecular flexibility index (Phi) is 2.97. The van der Waals surface area contributed by atoms with Crippen molar-refractivity contribution >= 4 is 12.2 Å². The van der Waals surface area contributed by atoms with Gasteiger partial charge in [0.25, 0.3) is 0 Å². The van der Waals surface area contributed by atoms with Crippen molar-refractivity contribution < 1.29 is 4.39 Å². The Hall–Kier alpha value is -2.27. The number of nitrogens with one attached hydrogen (secondary N) is 1. The summed E-state index contributed by atoms with van der Waals surface area (Å²) >= 11 is 5.29. The van der Waals surface area contributed by atoms with E-state index in [1.165, 1.54) is 12.1 Å². The highest BCUT2D eigenvalue weighted by atomic mass is 32.1. The highest BCUT2D eigenvalue weighted by molar-refractivity contribution is 7.71. The lowest BCUT2D eigenvalue weighted by Gasteiger charge is -2.01. The molecule has 3 rings (SSSR count). The zero-order valence-electron chi connectivity index (χ0n) is 9.88. The predicted octanol–water partition coefficient (Wildman–Crippen LogP) is 3.74. The maximum atomic E-state index is 12.9. The fraction of sp³-hybridized carbons (Fsp3) is 0. The summed E-state index contributed by atoms with van der Waals surface area (Å²) in [6.45, 7) is 0. The number of aromatic amines is 1. The Bertz CT molecular complexity index is 744. The van der Waals surface area contributed by atoms with Crippen LogP contribution < -0.4 is 0 Å². The predicted molar refractivity (Wildman–Crippen MR) is 74.1 cm³/mol. The molecule has 0 aliphatic carbocycles. The van der Waals surface area contributed by atoms with Gasteiger partial charge in [-0.3, -0.25) is 9.55 Å². The molecule has 0 saturated heterocycles. The second-order valence-electron chi connectivity index (χ2n) is 4.06. The van der Waals surface area contributed by atoms with E-state index in [0.717, 1.165) is 16.9 Å². The Morgan fingerprint density at radius 1 is 1.05 bits per heavy atom. The second-order valence-corrected chi connectivity index (χ2v) is 4.44. The van der Waals surface area contributed by atoms with Crippen LogP contribution >= 0.6 is 12.2 Å². The number of hydrogen-bond donors (Lipinski definition) is 1. The number of aromatic nitrogens is 3. The third-order valence-electron chi connectivity index (χ3n) is 2.81. The fourth-order valence-electron chi connectivity index (χ4n) is 1.87. The molecule has 1 aromatic carbocycles. The van der Waals surface area contributed by atoms with Crippen molar-refractivity contribution in [1.82, 2.24) is 14.5 Å². The summed E-state index contributed by atoms with van der Waals surface area (Å²) in [6, 6.07) is 10.0. The van der Waals surface area contributed by atoms with E-state index in [1.54, 1.807) is 24.5 Å². The molecule has 3 aromatic rings. The summed E-state index contributed by atoms with van der Waals surface area (Å²) in [6.07, 6.45) is 5.34. The minimum Gasteiger partial charge on any atom is -0.330 e. The molecule has 0 saturated carbocycles. The smallest absolute Gasteiger partial charge is 0.182 e. The van der Waals surface area contributed by atoms with Crippen LogP contribution in [0.25, 0.3) is 16.9 Å². The molecule has 94 valence electrons. The molecule has 0 aliphatic rings. The molecule has 0 spiro atoms. The summed E-state index contributed by atoms with van der Waals surface area (Å²) in [5.74, 6) is -0.264. The molecule has 1 N–H and O–H groups in total. The van der Waals surface area contributed by atoms with Crippen molar-refractivity contribution in [3.8, 4) is 16.9 Å². The van der Waals surface area contributed by atoms with Crippen LogP contribution in [0.15, 0.2) is 55.0 Å². The van der Waals surface area contributed by atoms with E-state index < -0.39 is 0 Å². The van der Waals surface area contributed by atoms with Crippen molar-refractivity contribution in [2.75, 3.05) is 0 Å². The average molecular weight is 271 g/mol. The fourth-order valence-corrected chi connectivity index (χ4v) is 2.14. The molecular formula is C14H10FN3S. The summed E-state index contributed by atoms with van der Waals surface area (Å²) < 4.78 is 15.3. The first-order valence-corrected chi connectivity index (χ1v) is 6.13. The standard InChI is InChI=1S/C14H10FN3S/c15-11-1-3-12(4-2-11)18-9-13(17-14(18)19)10-5-7-16-8-6-10/h1-9H,(H,17,19). The number of H-pyrrole nitrogens is 1. The number of hydrogen-bond acceptors (Lipinski definition) is 2. The third-order valence-corrected chi connectivity index (χ3v) is 3.11. The molecule has 0 radical (unpaired) electrons. The summed E-state index contributed by atoms with van der Waals surface area (Å²) in [5, 5.41) is 0. The first-order chi connectivity index (χ1) is 9.24. The number of imidazole rings is 1. The summed E-state index contributed by atoms with van der Waals surface area (Å²) in [7, 11) is 0. The number of pyridine rings is 1. The molecular weight excluding hydrogens is 261 g/mol. The molecule has 0 atom stereocenters. The summed E-state index contributed by atoms with van der Waals surface area (Å²) in [4.78, 5) is 7.11. The maximum absolute atomic E-state index is 12.9. The first-order valence-electron chi connectivity index (χ1n) is 5.72. The molecule has 3 nitrogen and oxygen atoms in total. The molecule has 2 heterocycles. The Morgan fingerprint density at radius 3 is 2.42 bits per heavy atom. The molecule has 5 heteroatoms. The van der Waals surface area contributed by atoms with Gasteiger partial charge in [0.1, 0.15) is 5.82 Å². The van der Waals surface area contributed by atoms with E-state index >= 15 is 0 Å². The highest BCUT2D eigenvalue weighted by Crippen LogP contribution is 2.19. The van der Waals surface area contributed by atoms with Crippen molar-refractivity contribution in [3.05, 3.63) is 65.6 Å². The first kappa shape index (κ1) is 11.8. The van der Waals surface area contributed by atoms with E-state index in [4.69, 9.17) is 12.2 Å². The minimum absolute atomic E-state index is 0.264. The number of nitrogens with zero attached hydrogens (tertiary/aromatic N) is 2. The zero-order valence-corrected chi connectivity index (χ0v) is 10.7. The Balaban J connectivity index is 2.08. The van der Waals surface area contributed by atoms with Gasteiger partial charge in [-0.25, -0.2) is 4.39 Å².